The zero-order valence-electron chi connectivity index (χ0n) is 15.2. The van der Waals surface area contributed by atoms with Gasteiger partial charge in [-0.25, -0.2) is 0 Å². The lowest BCUT2D eigenvalue weighted by Crippen LogP contribution is -2.42. The van der Waals surface area contributed by atoms with Gasteiger partial charge in [-0.3, -0.25) is 14.5 Å². The summed E-state index contributed by atoms with van der Waals surface area (Å²) in [5.74, 6) is -1.11. The second-order valence-corrected chi connectivity index (χ2v) is 6.71. The minimum atomic E-state index is -0.901. The standard InChI is InChI=1S/C21H21N3O4/c25-20(14-4-2-1-3-5-14)23-15-6-7-18-16(12-15)17(13-22-18)19(21(26)27)24-8-10-28-11-9-24/h1-7,12-13,19,22H,8-11H2,(H,23,25)(H,26,27). The number of anilines is 1. The van der Waals surface area contributed by atoms with Gasteiger partial charge in [-0.15, -0.1) is 0 Å². The van der Waals surface area contributed by atoms with Gasteiger partial charge in [0.15, 0.2) is 0 Å². The number of carboxylic acids is 1. The van der Waals surface area contributed by atoms with Crippen LogP contribution in [-0.2, 0) is 9.53 Å². The van der Waals surface area contributed by atoms with Crippen LogP contribution in [0.1, 0.15) is 22.0 Å². The van der Waals surface area contributed by atoms with Gasteiger partial charge in [-0.2, -0.15) is 0 Å². The van der Waals surface area contributed by atoms with E-state index < -0.39 is 12.0 Å². The van der Waals surface area contributed by atoms with Crippen molar-refractivity contribution in [3.63, 3.8) is 0 Å². The van der Waals surface area contributed by atoms with E-state index in [9.17, 15) is 14.7 Å². The molecule has 2 aromatic carbocycles. The van der Waals surface area contributed by atoms with Gasteiger partial charge in [0.25, 0.3) is 5.91 Å². The number of morpholine rings is 1. The second-order valence-electron chi connectivity index (χ2n) is 6.71. The molecule has 3 aromatic rings. The number of aromatic amines is 1. The number of rotatable bonds is 5. The topological polar surface area (TPSA) is 94.7 Å². The Morgan fingerprint density at radius 1 is 1.11 bits per heavy atom. The van der Waals surface area contributed by atoms with Gasteiger partial charge in [0.1, 0.15) is 6.04 Å². The minimum Gasteiger partial charge on any atom is -0.480 e. The number of nitrogens with zero attached hydrogens (tertiary/aromatic N) is 1. The molecule has 0 spiro atoms. The number of nitrogens with one attached hydrogen (secondary N) is 2. The van der Waals surface area contributed by atoms with Crippen molar-refractivity contribution in [3.05, 3.63) is 65.9 Å². The van der Waals surface area contributed by atoms with E-state index in [-0.39, 0.29) is 5.91 Å². The molecule has 7 heteroatoms. The maximum atomic E-state index is 12.4. The van der Waals surface area contributed by atoms with Crippen LogP contribution in [0, 0.1) is 0 Å². The predicted molar refractivity (Wildman–Crippen MR) is 105 cm³/mol. The summed E-state index contributed by atoms with van der Waals surface area (Å²) in [7, 11) is 0. The number of carbonyl (C=O) groups excluding carboxylic acids is 1. The lowest BCUT2D eigenvalue weighted by molar-refractivity contribution is -0.145. The molecule has 1 saturated heterocycles. The minimum absolute atomic E-state index is 0.208. The molecule has 1 atom stereocenters. The highest BCUT2D eigenvalue weighted by Crippen LogP contribution is 2.31. The van der Waals surface area contributed by atoms with E-state index in [0.717, 1.165) is 10.9 Å². The number of carbonyl (C=O) groups is 2. The highest BCUT2D eigenvalue weighted by atomic mass is 16.5. The summed E-state index contributed by atoms with van der Waals surface area (Å²) in [5.41, 5.74) is 2.69. The Kier molecular flexibility index (Phi) is 5.10. The number of benzene rings is 2. The predicted octanol–water partition coefficient (Wildman–Crippen LogP) is 2.88. The molecule has 4 rings (SSSR count). The van der Waals surface area contributed by atoms with Crippen LogP contribution in [0.2, 0.25) is 0 Å². The molecule has 144 valence electrons. The lowest BCUT2D eigenvalue weighted by atomic mass is 10.0. The third-order valence-electron chi connectivity index (χ3n) is 4.95. The Morgan fingerprint density at radius 3 is 2.57 bits per heavy atom. The normalized spacial score (nSPS) is 16.0. The average molecular weight is 379 g/mol. The monoisotopic (exact) mass is 379 g/mol. The number of aliphatic carboxylic acids is 1. The quantitative estimate of drug-likeness (QED) is 0.634. The number of hydrogen-bond donors (Lipinski definition) is 3. The van der Waals surface area contributed by atoms with Crippen molar-refractivity contribution in [2.24, 2.45) is 0 Å². The number of hydrogen-bond acceptors (Lipinski definition) is 4. The maximum Gasteiger partial charge on any atom is 0.325 e. The summed E-state index contributed by atoms with van der Waals surface area (Å²) in [4.78, 5) is 29.5. The molecule has 1 fully saturated rings. The summed E-state index contributed by atoms with van der Waals surface area (Å²) in [6.45, 7) is 2.16. The van der Waals surface area contributed by atoms with Gasteiger partial charge < -0.3 is 20.1 Å². The zero-order chi connectivity index (χ0) is 19.5. The van der Waals surface area contributed by atoms with Crippen molar-refractivity contribution in [3.8, 4) is 0 Å². The van der Waals surface area contributed by atoms with Crippen molar-refractivity contribution < 1.29 is 19.4 Å². The molecule has 3 N–H and O–H groups in total. The number of carboxylic acid groups (broad SMARTS) is 1. The van der Waals surface area contributed by atoms with E-state index in [0.29, 0.717) is 43.1 Å². The molecule has 0 radical (unpaired) electrons. The Morgan fingerprint density at radius 2 is 1.86 bits per heavy atom. The number of fused-ring (bicyclic) bond motifs is 1. The van der Waals surface area contributed by atoms with E-state index in [2.05, 4.69) is 10.3 Å². The molecule has 28 heavy (non-hydrogen) atoms. The largest absolute Gasteiger partial charge is 0.480 e. The molecule has 0 saturated carbocycles. The van der Waals surface area contributed by atoms with Gasteiger partial charge in [0.05, 0.1) is 13.2 Å². The van der Waals surface area contributed by atoms with Crippen LogP contribution in [0.15, 0.2) is 54.7 Å². The first-order valence-electron chi connectivity index (χ1n) is 9.15. The third-order valence-corrected chi connectivity index (χ3v) is 4.95. The van der Waals surface area contributed by atoms with Crippen LogP contribution in [0.25, 0.3) is 10.9 Å². The first kappa shape index (κ1) is 18.2. The Bertz CT molecular complexity index is 993. The first-order valence-corrected chi connectivity index (χ1v) is 9.15. The van der Waals surface area contributed by atoms with Crippen LogP contribution in [-0.4, -0.2) is 53.2 Å². The molecular weight excluding hydrogens is 358 g/mol. The fourth-order valence-electron chi connectivity index (χ4n) is 3.56. The van der Waals surface area contributed by atoms with E-state index in [1.165, 1.54) is 0 Å². The third kappa shape index (κ3) is 3.62. The van der Waals surface area contributed by atoms with Gasteiger partial charge in [0.2, 0.25) is 0 Å². The number of amides is 1. The van der Waals surface area contributed by atoms with Crippen molar-refractivity contribution in [1.82, 2.24) is 9.88 Å². The van der Waals surface area contributed by atoms with Gasteiger partial charge >= 0.3 is 5.97 Å². The smallest absolute Gasteiger partial charge is 0.325 e. The van der Waals surface area contributed by atoms with E-state index in [4.69, 9.17) is 4.74 Å². The fraction of sp³-hybridized carbons (Fsp3) is 0.238. The van der Waals surface area contributed by atoms with Crippen molar-refractivity contribution in [2.45, 2.75) is 6.04 Å². The molecule has 0 aliphatic carbocycles. The number of aromatic nitrogens is 1. The van der Waals surface area contributed by atoms with Crippen molar-refractivity contribution in [1.29, 1.82) is 0 Å². The highest BCUT2D eigenvalue weighted by molar-refractivity contribution is 6.05. The SMILES string of the molecule is O=C(Nc1ccc2[nH]cc(C(C(=O)O)N3CCOCC3)c2c1)c1ccccc1. The van der Waals surface area contributed by atoms with Crippen LogP contribution in [0.3, 0.4) is 0 Å². The molecular formula is C21H21N3O4. The summed E-state index contributed by atoms with van der Waals surface area (Å²) < 4.78 is 5.35. The van der Waals surface area contributed by atoms with Crippen LogP contribution >= 0.6 is 0 Å². The Hall–Kier alpha value is -3.16. The molecule has 1 aliphatic rings. The van der Waals surface area contributed by atoms with Gasteiger partial charge in [-0.05, 0) is 30.3 Å². The van der Waals surface area contributed by atoms with Crippen molar-refractivity contribution >= 4 is 28.5 Å². The molecule has 1 unspecified atom stereocenters. The van der Waals surface area contributed by atoms with E-state index >= 15 is 0 Å². The number of H-pyrrole nitrogens is 1. The molecule has 0 bridgehead atoms. The summed E-state index contributed by atoms with van der Waals surface area (Å²) in [5, 5.41) is 13.5. The summed E-state index contributed by atoms with van der Waals surface area (Å²) in [6, 6.07) is 13.7. The second kappa shape index (κ2) is 7.84. The average Bonchev–Trinajstić information content (AvgIpc) is 3.12. The maximum absolute atomic E-state index is 12.4. The number of ether oxygens (including phenoxy) is 1. The van der Waals surface area contributed by atoms with Crippen LogP contribution in [0.4, 0.5) is 5.69 Å². The lowest BCUT2D eigenvalue weighted by Gasteiger charge is -2.31. The van der Waals surface area contributed by atoms with Gasteiger partial charge in [0, 0.05) is 47.0 Å². The summed E-state index contributed by atoms with van der Waals surface area (Å²) >= 11 is 0. The molecule has 7 nitrogen and oxygen atoms in total. The Labute approximate surface area is 161 Å². The molecule has 2 heterocycles. The van der Waals surface area contributed by atoms with Crippen LogP contribution < -0.4 is 5.32 Å². The molecule has 1 amide bonds. The molecule has 1 aromatic heterocycles. The van der Waals surface area contributed by atoms with Crippen LogP contribution in [0.5, 0.6) is 0 Å². The first-order chi connectivity index (χ1) is 13.6. The van der Waals surface area contributed by atoms with E-state index in [1.54, 1.807) is 24.4 Å². The summed E-state index contributed by atoms with van der Waals surface area (Å²) in [6.07, 6.45) is 1.74. The highest BCUT2D eigenvalue weighted by Gasteiger charge is 2.30. The van der Waals surface area contributed by atoms with Crippen molar-refractivity contribution in [2.75, 3.05) is 31.6 Å². The Balaban J connectivity index is 1.65. The van der Waals surface area contributed by atoms with Gasteiger partial charge in [-0.1, -0.05) is 18.2 Å². The zero-order valence-corrected chi connectivity index (χ0v) is 15.2. The fourth-order valence-corrected chi connectivity index (χ4v) is 3.56. The van der Waals surface area contributed by atoms with E-state index in [1.807, 2.05) is 35.2 Å². The molecule has 1 aliphatic heterocycles.